The van der Waals surface area contributed by atoms with Gasteiger partial charge in [-0.3, -0.25) is 14.5 Å². The molecule has 1 aliphatic heterocycles. The Bertz CT molecular complexity index is 385. The lowest BCUT2D eigenvalue weighted by atomic mass is 10.1. The zero-order chi connectivity index (χ0) is 12.1. The molecule has 1 aromatic rings. The second-order valence-corrected chi connectivity index (χ2v) is 4.10. The SMILES string of the molecule is O=C1CCNCC(=O)N1CCc1ccccc1. The molecule has 1 aromatic carbocycles. The van der Waals surface area contributed by atoms with Crippen LogP contribution in [0.15, 0.2) is 30.3 Å². The highest BCUT2D eigenvalue weighted by Gasteiger charge is 2.23. The summed E-state index contributed by atoms with van der Waals surface area (Å²) in [6, 6.07) is 9.89. The third-order valence-electron chi connectivity index (χ3n) is 2.86. The summed E-state index contributed by atoms with van der Waals surface area (Å²) in [4.78, 5) is 24.8. The van der Waals surface area contributed by atoms with Gasteiger partial charge in [-0.1, -0.05) is 30.3 Å². The zero-order valence-corrected chi connectivity index (χ0v) is 9.69. The molecule has 0 bridgehead atoms. The highest BCUT2D eigenvalue weighted by molar-refractivity contribution is 5.97. The van der Waals surface area contributed by atoms with E-state index in [1.807, 2.05) is 30.3 Å². The van der Waals surface area contributed by atoms with Crippen LogP contribution in [-0.2, 0) is 16.0 Å². The van der Waals surface area contributed by atoms with Crippen LogP contribution in [0.1, 0.15) is 12.0 Å². The molecule has 0 atom stereocenters. The van der Waals surface area contributed by atoms with Crippen molar-refractivity contribution in [2.45, 2.75) is 12.8 Å². The molecule has 4 nitrogen and oxygen atoms in total. The molecule has 1 aliphatic rings. The smallest absolute Gasteiger partial charge is 0.243 e. The molecule has 0 spiro atoms. The predicted molar refractivity (Wildman–Crippen MR) is 64.4 cm³/mol. The summed E-state index contributed by atoms with van der Waals surface area (Å²) in [6.07, 6.45) is 1.12. The summed E-state index contributed by atoms with van der Waals surface area (Å²) in [5.41, 5.74) is 1.14. The van der Waals surface area contributed by atoms with Gasteiger partial charge in [0.15, 0.2) is 0 Å². The van der Waals surface area contributed by atoms with Gasteiger partial charge in [-0.2, -0.15) is 0 Å². The lowest BCUT2D eigenvalue weighted by Crippen LogP contribution is -2.39. The third-order valence-corrected chi connectivity index (χ3v) is 2.86. The number of nitrogens with zero attached hydrogens (tertiary/aromatic N) is 1. The van der Waals surface area contributed by atoms with Crippen LogP contribution < -0.4 is 5.32 Å². The van der Waals surface area contributed by atoms with Gasteiger partial charge < -0.3 is 5.32 Å². The van der Waals surface area contributed by atoms with Gasteiger partial charge in [-0.25, -0.2) is 0 Å². The lowest BCUT2D eigenvalue weighted by molar-refractivity contribution is -0.142. The average molecular weight is 232 g/mol. The average Bonchev–Trinajstić information content (AvgIpc) is 2.50. The Morgan fingerprint density at radius 2 is 1.88 bits per heavy atom. The van der Waals surface area contributed by atoms with Crippen LogP contribution in [0, 0.1) is 0 Å². The van der Waals surface area contributed by atoms with E-state index in [-0.39, 0.29) is 18.4 Å². The van der Waals surface area contributed by atoms with E-state index in [4.69, 9.17) is 0 Å². The maximum atomic E-state index is 11.7. The Hall–Kier alpha value is -1.68. The molecule has 4 heteroatoms. The van der Waals surface area contributed by atoms with E-state index >= 15 is 0 Å². The predicted octanol–water partition coefficient (Wildman–Crippen LogP) is 0.578. The Balaban J connectivity index is 1.97. The van der Waals surface area contributed by atoms with Gasteiger partial charge in [0.1, 0.15) is 0 Å². The number of benzene rings is 1. The number of carbonyl (C=O) groups excluding carboxylic acids is 2. The molecule has 90 valence electrons. The van der Waals surface area contributed by atoms with Gasteiger partial charge in [-0.05, 0) is 12.0 Å². The molecule has 0 aliphatic carbocycles. The van der Waals surface area contributed by atoms with Crippen molar-refractivity contribution in [1.29, 1.82) is 0 Å². The molecule has 0 radical (unpaired) electrons. The zero-order valence-electron chi connectivity index (χ0n) is 9.69. The molecule has 1 fully saturated rings. The van der Waals surface area contributed by atoms with E-state index in [2.05, 4.69) is 5.32 Å². The Kier molecular flexibility index (Phi) is 3.88. The van der Waals surface area contributed by atoms with Gasteiger partial charge in [0.2, 0.25) is 11.8 Å². The fourth-order valence-corrected chi connectivity index (χ4v) is 1.90. The van der Waals surface area contributed by atoms with Gasteiger partial charge in [0.25, 0.3) is 0 Å². The van der Waals surface area contributed by atoms with Crippen molar-refractivity contribution in [3.63, 3.8) is 0 Å². The first kappa shape index (κ1) is 11.8. The van der Waals surface area contributed by atoms with Crippen molar-refractivity contribution < 1.29 is 9.59 Å². The topological polar surface area (TPSA) is 49.4 Å². The van der Waals surface area contributed by atoms with Crippen molar-refractivity contribution >= 4 is 11.8 Å². The Morgan fingerprint density at radius 3 is 2.65 bits per heavy atom. The minimum atomic E-state index is -0.122. The van der Waals surface area contributed by atoms with Crippen LogP contribution in [0.25, 0.3) is 0 Å². The number of hydrogen-bond acceptors (Lipinski definition) is 3. The molecule has 0 unspecified atom stereocenters. The number of nitrogens with one attached hydrogen (secondary N) is 1. The second-order valence-electron chi connectivity index (χ2n) is 4.10. The maximum Gasteiger partial charge on any atom is 0.243 e. The molecular weight excluding hydrogens is 216 g/mol. The Labute approximate surface area is 101 Å². The molecule has 1 saturated heterocycles. The summed E-state index contributed by atoms with van der Waals surface area (Å²) in [5, 5.41) is 2.94. The highest BCUT2D eigenvalue weighted by Crippen LogP contribution is 2.04. The normalized spacial score (nSPS) is 17.1. The molecule has 0 aromatic heterocycles. The summed E-state index contributed by atoms with van der Waals surface area (Å²) in [5.74, 6) is -0.195. The van der Waals surface area contributed by atoms with Crippen molar-refractivity contribution in [3.05, 3.63) is 35.9 Å². The van der Waals surface area contributed by atoms with E-state index < -0.39 is 0 Å². The quantitative estimate of drug-likeness (QED) is 0.775. The molecule has 1 heterocycles. The molecule has 0 saturated carbocycles. The van der Waals surface area contributed by atoms with Gasteiger partial charge in [-0.15, -0.1) is 0 Å². The Morgan fingerprint density at radius 1 is 1.12 bits per heavy atom. The first-order valence-electron chi connectivity index (χ1n) is 5.85. The molecule has 2 amide bonds. The van der Waals surface area contributed by atoms with Crippen molar-refractivity contribution in [2.75, 3.05) is 19.6 Å². The van der Waals surface area contributed by atoms with Gasteiger partial charge in [0.05, 0.1) is 6.54 Å². The summed E-state index contributed by atoms with van der Waals surface area (Å²) >= 11 is 0. The van der Waals surface area contributed by atoms with Crippen LogP contribution >= 0.6 is 0 Å². The molecular formula is C13H16N2O2. The third kappa shape index (κ3) is 3.14. The lowest BCUT2D eigenvalue weighted by Gasteiger charge is -2.18. The van der Waals surface area contributed by atoms with Crippen LogP contribution in [0.4, 0.5) is 0 Å². The minimum absolute atomic E-state index is 0.0732. The first-order valence-corrected chi connectivity index (χ1v) is 5.85. The van der Waals surface area contributed by atoms with Crippen molar-refractivity contribution in [3.8, 4) is 0 Å². The fraction of sp³-hybridized carbons (Fsp3) is 0.385. The van der Waals surface area contributed by atoms with Crippen LogP contribution in [0.2, 0.25) is 0 Å². The standard InChI is InChI=1S/C13H16N2O2/c16-12-6-8-14-10-13(17)15(12)9-7-11-4-2-1-3-5-11/h1-5,14H,6-10H2. The summed E-state index contributed by atoms with van der Waals surface area (Å²) < 4.78 is 0. The maximum absolute atomic E-state index is 11.7. The largest absolute Gasteiger partial charge is 0.308 e. The van der Waals surface area contributed by atoms with Crippen LogP contribution in [0.3, 0.4) is 0 Å². The highest BCUT2D eigenvalue weighted by atomic mass is 16.2. The van der Waals surface area contributed by atoms with E-state index in [0.717, 1.165) is 12.0 Å². The first-order chi connectivity index (χ1) is 8.27. The van der Waals surface area contributed by atoms with Gasteiger partial charge in [0, 0.05) is 19.5 Å². The van der Waals surface area contributed by atoms with E-state index in [1.165, 1.54) is 4.90 Å². The summed E-state index contributed by atoms with van der Waals surface area (Å²) in [6.45, 7) is 1.33. The summed E-state index contributed by atoms with van der Waals surface area (Å²) in [7, 11) is 0. The van der Waals surface area contributed by atoms with Crippen molar-refractivity contribution in [1.82, 2.24) is 10.2 Å². The van der Waals surface area contributed by atoms with Crippen molar-refractivity contribution in [2.24, 2.45) is 0 Å². The number of rotatable bonds is 3. The van der Waals surface area contributed by atoms with E-state index in [0.29, 0.717) is 19.5 Å². The number of carbonyl (C=O) groups is 2. The van der Waals surface area contributed by atoms with Crippen LogP contribution in [-0.4, -0.2) is 36.3 Å². The van der Waals surface area contributed by atoms with E-state index in [1.54, 1.807) is 0 Å². The fourth-order valence-electron chi connectivity index (χ4n) is 1.90. The molecule has 2 rings (SSSR count). The van der Waals surface area contributed by atoms with Gasteiger partial charge >= 0.3 is 0 Å². The minimum Gasteiger partial charge on any atom is -0.308 e. The molecule has 17 heavy (non-hydrogen) atoms. The number of imide groups is 1. The number of hydrogen-bond donors (Lipinski definition) is 1. The number of amides is 2. The second kappa shape index (κ2) is 5.59. The monoisotopic (exact) mass is 232 g/mol. The van der Waals surface area contributed by atoms with Crippen LogP contribution in [0.5, 0.6) is 0 Å². The molecule has 1 N–H and O–H groups in total. The van der Waals surface area contributed by atoms with E-state index in [9.17, 15) is 9.59 Å².